The Balaban J connectivity index is 3.79. The molecule has 0 fully saturated rings. The highest BCUT2D eigenvalue weighted by Crippen LogP contribution is 2.27. The Hall–Kier alpha value is 0.480. The van der Waals surface area contributed by atoms with Crippen molar-refractivity contribution in [3.05, 3.63) is 0 Å². The van der Waals surface area contributed by atoms with Gasteiger partial charge in [-0.05, 0) is 24.7 Å². The molecule has 1 heteroatoms. The Morgan fingerprint density at radius 1 is 1.07 bits per heavy atom. The van der Waals surface area contributed by atoms with E-state index in [1.807, 2.05) is 0 Å². The lowest BCUT2D eigenvalue weighted by molar-refractivity contribution is 0.345. The maximum atomic E-state index is 3.77. The molecule has 3 atom stereocenters. The van der Waals surface area contributed by atoms with Crippen LogP contribution in [0.15, 0.2) is 0 Å². The summed E-state index contributed by atoms with van der Waals surface area (Å²) in [6.07, 6.45) is 8.20. The zero-order chi connectivity index (χ0) is 11.0. The smallest absolute Gasteiger partial charge is 0.0168 e. The van der Waals surface area contributed by atoms with Crippen LogP contribution in [0, 0.1) is 11.8 Å². The van der Waals surface area contributed by atoms with Crippen LogP contribution in [0.2, 0.25) is 0 Å². The number of halogens is 1. The van der Waals surface area contributed by atoms with Crippen LogP contribution >= 0.6 is 15.9 Å². The zero-order valence-corrected chi connectivity index (χ0v) is 11.9. The molecular formula is C13H27Br. The Morgan fingerprint density at radius 2 is 1.71 bits per heavy atom. The van der Waals surface area contributed by atoms with Crippen molar-refractivity contribution < 1.29 is 0 Å². The third-order valence-corrected chi connectivity index (χ3v) is 4.81. The van der Waals surface area contributed by atoms with Crippen LogP contribution in [-0.2, 0) is 0 Å². The van der Waals surface area contributed by atoms with Crippen LogP contribution in [0.3, 0.4) is 0 Å². The van der Waals surface area contributed by atoms with Gasteiger partial charge in [-0.2, -0.15) is 0 Å². The van der Waals surface area contributed by atoms with Crippen molar-refractivity contribution in [3.8, 4) is 0 Å². The molecule has 0 radical (unpaired) electrons. The van der Waals surface area contributed by atoms with Gasteiger partial charge < -0.3 is 0 Å². The minimum atomic E-state index is 0.721. The second-order valence-electron chi connectivity index (χ2n) is 4.55. The molecule has 86 valence electrons. The fraction of sp³-hybridized carbons (Fsp3) is 1.00. The van der Waals surface area contributed by atoms with Crippen molar-refractivity contribution in [1.82, 2.24) is 0 Å². The van der Waals surface area contributed by atoms with Crippen molar-refractivity contribution in [2.24, 2.45) is 11.8 Å². The van der Waals surface area contributed by atoms with Gasteiger partial charge in [0.1, 0.15) is 0 Å². The molecular weight excluding hydrogens is 236 g/mol. The summed E-state index contributed by atoms with van der Waals surface area (Å²) in [5, 5.41) is 0. The van der Waals surface area contributed by atoms with Crippen molar-refractivity contribution >= 4 is 15.9 Å². The van der Waals surface area contributed by atoms with Gasteiger partial charge in [0, 0.05) is 4.83 Å². The molecule has 0 nitrogen and oxygen atoms in total. The number of unbranched alkanes of at least 4 members (excludes halogenated alkanes) is 1. The average molecular weight is 263 g/mol. The molecule has 0 aromatic heterocycles. The third kappa shape index (κ3) is 6.06. The highest BCUT2D eigenvalue weighted by Gasteiger charge is 2.16. The largest absolute Gasteiger partial charge is 0.0888 e. The van der Waals surface area contributed by atoms with E-state index in [0.717, 1.165) is 16.7 Å². The molecule has 0 amide bonds. The van der Waals surface area contributed by atoms with Gasteiger partial charge in [0.2, 0.25) is 0 Å². The minimum absolute atomic E-state index is 0.721. The molecule has 0 bridgehead atoms. The van der Waals surface area contributed by atoms with Gasteiger partial charge in [0.25, 0.3) is 0 Å². The summed E-state index contributed by atoms with van der Waals surface area (Å²) in [4.78, 5) is 0.721. The number of rotatable bonds is 8. The fourth-order valence-corrected chi connectivity index (χ4v) is 2.27. The van der Waals surface area contributed by atoms with Crippen LogP contribution in [0.25, 0.3) is 0 Å². The lowest BCUT2D eigenvalue weighted by Gasteiger charge is -2.22. The lowest BCUT2D eigenvalue weighted by atomic mass is 9.87. The van der Waals surface area contributed by atoms with Crippen LogP contribution in [0.1, 0.15) is 66.2 Å². The quantitative estimate of drug-likeness (QED) is 0.514. The summed E-state index contributed by atoms with van der Waals surface area (Å²) in [6.45, 7) is 9.28. The Kier molecular flexibility index (Phi) is 9.06. The molecule has 3 unspecified atom stereocenters. The van der Waals surface area contributed by atoms with Gasteiger partial charge in [-0.15, -0.1) is 0 Å². The Morgan fingerprint density at radius 3 is 2.14 bits per heavy atom. The van der Waals surface area contributed by atoms with E-state index in [1.54, 1.807) is 0 Å². The van der Waals surface area contributed by atoms with E-state index in [4.69, 9.17) is 0 Å². The van der Waals surface area contributed by atoms with E-state index < -0.39 is 0 Å². The lowest BCUT2D eigenvalue weighted by Crippen LogP contribution is -2.14. The third-order valence-electron chi connectivity index (χ3n) is 3.26. The average Bonchev–Trinajstić information content (AvgIpc) is 2.22. The zero-order valence-electron chi connectivity index (χ0n) is 10.4. The van der Waals surface area contributed by atoms with Crippen LogP contribution in [0.4, 0.5) is 0 Å². The predicted octanol–water partition coefficient (Wildman–Crippen LogP) is 5.40. The van der Waals surface area contributed by atoms with Gasteiger partial charge >= 0.3 is 0 Å². The van der Waals surface area contributed by atoms with Crippen molar-refractivity contribution in [2.45, 2.75) is 71.0 Å². The van der Waals surface area contributed by atoms with E-state index in [2.05, 4.69) is 43.6 Å². The standard InChI is InChI=1S/C13H27Br/c1-5-8-9-12(6-2)10-11(4)13(14)7-3/h11-13H,5-10H2,1-4H3. The minimum Gasteiger partial charge on any atom is -0.0888 e. The highest BCUT2D eigenvalue weighted by atomic mass is 79.9. The summed E-state index contributed by atoms with van der Waals surface area (Å²) in [7, 11) is 0. The first kappa shape index (κ1) is 14.5. The van der Waals surface area contributed by atoms with Gasteiger partial charge in [-0.3, -0.25) is 0 Å². The van der Waals surface area contributed by atoms with Gasteiger partial charge in [-0.1, -0.05) is 69.3 Å². The SMILES string of the molecule is CCCCC(CC)CC(C)C(Br)CC. The molecule has 0 N–H and O–H groups in total. The van der Waals surface area contributed by atoms with Crippen LogP contribution in [-0.4, -0.2) is 4.83 Å². The Labute approximate surface area is 99.0 Å². The maximum Gasteiger partial charge on any atom is 0.0168 e. The Bertz CT molecular complexity index is 122. The summed E-state index contributed by atoms with van der Waals surface area (Å²) < 4.78 is 0. The molecule has 0 aliphatic heterocycles. The first-order valence-corrected chi connectivity index (χ1v) is 7.21. The molecule has 0 aromatic rings. The van der Waals surface area contributed by atoms with E-state index >= 15 is 0 Å². The maximum absolute atomic E-state index is 3.77. The molecule has 0 saturated heterocycles. The number of hydrogen-bond donors (Lipinski definition) is 0. The molecule has 0 aromatic carbocycles. The molecule has 0 heterocycles. The fourth-order valence-electron chi connectivity index (χ4n) is 2.06. The summed E-state index contributed by atoms with van der Waals surface area (Å²) in [6, 6.07) is 0. The summed E-state index contributed by atoms with van der Waals surface area (Å²) in [5.74, 6) is 1.79. The van der Waals surface area contributed by atoms with E-state index in [-0.39, 0.29) is 0 Å². The topological polar surface area (TPSA) is 0 Å². The molecule has 0 rings (SSSR count). The van der Waals surface area contributed by atoms with Gasteiger partial charge in [0.15, 0.2) is 0 Å². The van der Waals surface area contributed by atoms with Crippen molar-refractivity contribution in [3.63, 3.8) is 0 Å². The van der Waals surface area contributed by atoms with Crippen LogP contribution < -0.4 is 0 Å². The monoisotopic (exact) mass is 262 g/mol. The number of alkyl halides is 1. The van der Waals surface area contributed by atoms with Crippen LogP contribution in [0.5, 0.6) is 0 Å². The highest BCUT2D eigenvalue weighted by molar-refractivity contribution is 9.09. The first-order chi connectivity index (χ1) is 6.65. The van der Waals surface area contributed by atoms with E-state index in [1.165, 1.54) is 38.5 Å². The normalized spacial score (nSPS) is 17.8. The second kappa shape index (κ2) is 8.76. The molecule has 0 aliphatic carbocycles. The second-order valence-corrected chi connectivity index (χ2v) is 5.73. The predicted molar refractivity (Wildman–Crippen MR) is 70.1 cm³/mol. The molecule has 14 heavy (non-hydrogen) atoms. The first-order valence-electron chi connectivity index (χ1n) is 6.29. The van der Waals surface area contributed by atoms with E-state index in [0.29, 0.717) is 0 Å². The number of hydrogen-bond acceptors (Lipinski definition) is 0. The summed E-state index contributed by atoms with van der Waals surface area (Å²) in [5.41, 5.74) is 0. The van der Waals surface area contributed by atoms with Gasteiger partial charge in [-0.25, -0.2) is 0 Å². The van der Waals surface area contributed by atoms with E-state index in [9.17, 15) is 0 Å². The van der Waals surface area contributed by atoms with Gasteiger partial charge in [0.05, 0.1) is 0 Å². The molecule has 0 aliphatic rings. The van der Waals surface area contributed by atoms with Crippen molar-refractivity contribution in [2.75, 3.05) is 0 Å². The molecule has 0 spiro atoms. The van der Waals surface area contributed by atoms with Crippen molar-refractivity contribution in [1.29, 1.82) is 0 Å². The molecule has 0 saturated carbocycles. The summed E-state index contributed by atoms with van der Waals surface area (Å²) >= 11 is 3.77.